The molecule has 3 aliphatic rings. The number of amides is 1. The summed E-state index contributed by atoms with van der Waals surface area (Å²) in [4.78, 5) is 16.9. The molecule has 2 N–H and O–H groups in total. The van der Waals surface area contributed by atoms with E-state index < -0.39 is 62.8 Å². The molecule has 1 amide bonds. The first-order valence-corrected chi connectivity index (χ1v) is 12.8. The summed E-state index contributed by atoms with van der Waals surface area (Å²) in [6, 6.07) is 2.42. The molecule has 2 atom stereocenters. The Hall–Kier alpha value is -2.57. The summed E-state index contributed by atoms with van der Waals surface area (Å²) in [5.41, 5.74) is -3.53. The van der Waals surface area contributed by atoms with E-state index in [1.807, 2.05) is 0 Å². The number of nitrogens with one attached hydrogen (secondary N) is 2. The second kappa shape index (κ2) is 7.22. The van der Waals surface area contributed by atoms with E-state index >= 15 is 0 Å². The van der Waals surface area contributed by atoms with Crippen LogP contribution in [0, 0.1) is 16.1 Å². The van der Waals surface area contributed by atoms with Gasteiger partial charge in [-0.15, -0.1) is 0 Å². The summed E-state index contributed by atoms with van der Waals surface area (Å²) < 4.78 is 91.7. The van der Waals surface area contributed by atoms with Gasteiger partial charge in [0, 0.05) is 29.5 Å². The van der Waals surface area contributed by atoms with E-state index in [0.29, 0.717) is 32.1 Å². The van der Waals surface area contributed by atoms with Gasteiger partial charge in [-0.2, -0.15) is 18.3 Å². The van der Waals surface area contributed by atoms with Crippen LogP contribution in [0.1, 0.15) is 59.8 Å². The zero-order valence-electron chi connectivity index (χ0n) is 18.1. The second-order valence-electron chi connectivity index (χ2n) is 9.43. The number of carbonyl (C=O) groups is 1. The van der Waals surface area contributed by atoms with Crippen molar-refractivity contribution >= 4 is 21.3 Å². The molecule has 0 radical (unpaired) electrons. The molecule has 1 spiro atoms. The summed E-state index contributed by atoms with van der Waals surface area (Å²) >= 11 is 0. The third-order valence-corrected chi connectivity index (χ3v) is 8.14. The topological polar surface area (TPSA) is 101 Å². The van der Waals surface area contributed by atoms with Crippen LogP contribution in [0.5, 0.6) is 0 Å². The average molecular weight is 503 g/mol. The van der Waals surface area contributed by atoms with E-state index in [1.54, 1.807) is 0 Å². The standard InChI is InChI=1S/C21H22F5N5O2S/c1-34(27,33)14-9-12(5-8-28-14)29-18(32)17-15(21(24,25)26)16(11-3-4-11)30-31(17)10-13-19(6-2-7-19)20(13,22)23/h5,8-9,11,13,27H,2-4,6-7,10H2,1H3,(H,28,29,32). The van der Waals surface area contributed by atoms with Crippen molar-refractivity contribution in [2.45, 2.75) is 61.7 Å². The Labute approximate surface area is 192 Å². The lowest BCUT2D eigenvalue weighted by atomic mass is 9.79. The third kappa shape index (κ3) is 3.59. The number of aromatic nitrogens is 3. The molecule has 2 aromatic rings. The summed E-state index contributed by atoms with van der Waals surface area (Å²) in [7, 11) is -3.24. The van der Waals surface area contributed by atoms with E-state index in [2.05, 4.69) is 15.4 Å². The van der Waals surface area contributed by atoms with Gasteiger partial charge in [0.25, 0.3) is 11.8 Å². The van der Waals surface area contributed by atoms with E-state index in [-0.39, 0.29) is 16.4 Å². The van der Waals surface area contributed by atoms with E-state index in [0.717, 1.165) is 17.0 Å². The molecule has 0 aliphatic heterocycles. The van der Waals surface area contributed by atoms with Crippen LogP contribution in [-0.4, -0.2) is 37.1 Å². The van der Waals surface area contributed by atoms with Gasteiger partial charge in [0.15, 0.2) is 0 Å². The van der Waals surface area contributed by atoms with Crippen molar-refractivity contribution in [3.63, 3.8) is 0 Å². The van der Waals surface area contributed by atoms with Gasteiger partial charge in [-0.25, -0.2) is 22.8 Å². The van der Waals surface area contributed by atoms with Gasteiger partial charge in [-0.05, 0) is 37.8 Å². The summed E-state index contributed by atoms with van der Waals surface area (Å²) in [5, 5.41) is 6.21. The number of nitrogens with zero attached hydrogens (tertiary/aromatic N) is 3. The lowest BCUT2D eigenvalue weighted by molar-refractivity contribution is -0.138. The first kappa shape index (κ1) is 23.2. The molecule has 3 fully saturated rings. The van der Waals surface area contributed by atoms with Gasteiger partial charge < -0.3 is 5.32 Å². The second-order valence-corrected chi connectivity index (χ2v) is 11.5. The van der Waals surface area contributed by atoms with Crippen LogP contribution in [0.2, 0.25) is 0 Å². The molecule has 5 rings (SSSR count). The first-order chi connectivity index (χ1) is 15.8. The zero-order valence-corrected chi connectivity index (χ0v) is 18.9. The largest absolute Gasteiger partial charge is 0.420 e. The fourth-order valence-electron chi connectivity index (χ4n) is 4.95. The van der Waals surface area contributed by atoms with Crippen molar-refractivity contribution < 1.29 is 31.0 Å². The van der Waals surface area contributed by atoms with E-state index in [4.69, 9.17) is 4.78 Å². The lowest BCUT2D eigenvalue weighted by Crippen LogP contribution is -2.24. The Morgan fingerprint density at radius 2 is 2.00 bits per heavy atom. The molecule has 0 aromatic carbocycles. The van der Waals surface area contributed by atoms with Gasteiger partial charge in [0.1, 0.15) is 16.3 Å². The van der Waals surface area contributed by atoms with E-state index in [1.165, 1.54) is 12.3 Å². The fourth-order valence-corrected chi connectivity index (χ4v) is 5.56. The van der Waals surface area contributed by atoms with Crippen molar-refractivity contribution in [3.05, 3.63) is 35.3 Å². The maximum absolute atomic E-state index is 14.5. The SMILES string of the molecule is CS(=N)(=O)c1cc(NC(=O)c2c(C(F)(F)F)c(C3CC3)nn2CC2C(F)(F)C23CCC3)ccn1. The molecule has 13 heteroatoms. The first-order valence-electron chi connectivity index (χ1n) is 10.8. The molecule has 34 heavy (non-hydrogen) atoms. The average Bonchev–Trinajstić information content (AvgIpc) is 3.55. The van der Waals surface area contributed by atoms with Gasteiger partial charge in [0.2, 0.25) is 0 Å². The highest BCUT2D eigenvalue weighted by molar-refractivity contribution is 7.91. The van der Waals surface area contributed by atoms with Crippen molar-refractivity contribution in [1.82, 2.24) is 14.8 Å². The minimum Gasteiger partial charge on any atom is -0.320 e. The van der Waals surface area contributed by atoms with E-state index in [9.17, 15) is 31.0 Å². The summed E-state index contributed by atoms with van der Waals surface area (Å²) in [5.74, 6) is -5.81. The Morgan fingerprint density at radius 1 is 1.32 bits per heavy atom. The van der Waals surface area contributed by atoms with Crippen LogP contribution in [0.25, 0.3) is 0 Å². The number of halogens is 5. The van der Waals surface area contributed by atoms with Crippen LogP contribution in [0.3, 0.4) is 0 Å². The number of anilines is 1. The maximum Gasteiger partial charge on any atom is 0.420 e. The zero-order chi connectivity index (χ0) is 24.7. The molecule has 3 aliphatic carbocycles. The molecule has 2 aromatic heterocycles. The molecule has 2 unspecified atom stereocenters. The molecule has 0 saturated heterocycles. The molecule has 7 nitrogen and oxygen atoms in total. The Bertz CT molecular complexity index is 1280. The quantitative estimate of drug-likeness (QED) is 0.548. The minimum atomic E-state index is -4.91. The van der Waals surface area contributed by atoms with Crippen molar-refractivity contribution in [2.24, 2.45) is 11.3 Å². The monoisotopic (exact) mass is 503 g/mol. The summed E-state index contributed by atoms with van der Waals surface area (Å²) in [6.07, 6.45) is -0.417. The van der Waals surface area contributed by atoms with Crippen LogP contribution >= 0.6 is 0 Å². The highest BCUT2D eigenvalue weighted by atomic mass is 32.2. The lowest BCUT2D eigenvalue weighted by Gasteiger charge is -2.26. The number of hydrogen-bond acceptors (Lipinski definition) is 5. The molecule has 0 bridgehead atoms. The number of hydrogen-bond donors (Lipinski definition) is 2. The molecular weight excluding hydrogens is 481 g/mol. The smallest absolute Gasteiger partial charge is 0.320 e. The van der Waals surface area contributed by atoms with Gasteiger partial charge in [-0.1, -0.05) is 6.42 Å². The van der Waals surface area contributed by atoms with Crippen molar-refractivity contribution in [1.29, 1.82) is 4.78 Å². The molecule has 2 heterocycles. The minimum absolute atomic E-state index is 0.0158. The van der Waals surface area contributed by atoms with Gasteiger partial charge in [0.05, 0.1) is 27.9 Å². The number of alkyl halides is 5. The van der Waals surface area contributed by atoms with Crippen LogP contribution in [-0.2, 0) is 22.5 Å². The molecular formula is C21H22F5N5O2S. The Kier molecular flexibility index (Phi) is 4.92. The predicted octanol–water partition coefficient (Wildman–Crippen LogP) is 4.90. The van der Waals surface area contributed by atoms with Crippen LogP contribution in [0.15, 0.2) is 23.4 Å². The van der Waals surface area contributed by atoms with Gasteiger partial charge in [-0.3, -0.25) is 9.48 Å². The number of carbonyl (C=O) groups excluding carboxylic acids is 1. The Morgan fingerprint density at radius 3 is 2.50 bits per heavy atom. The molecule has 3 saturated carbocycles. The third-order valence-electron chi connectivity index (χ3n) is 7.12. The normalized spacial score (nSPS) is 24.4. The van der Waals surface area contributed by atoms with Gasteiger partial charge >= 0.3 is 6.18 Å². The number of rotatable bonds is 6. The summed E-state index contributed by atoms with van der Waals surface area (Å²) in [6.45, 7) is -0.483. The predicted molar refractivity (Wildman–Crippen MR) is 111 cm³/mol. The highest BCUT2D eigenvalue weighted by Gasteiger charge is 2.81. The maximum atomic E-state index is 14.5. The number of pyridine rings is 1. The van der Waals surface area contributed by atoms with Crippen molar-refractivity contribution in [2.75, 3.05) is 11.6 Å². The fraction of sp³-hybridized carbons (Fsp3) is 0.571. The highest BCUT2D eigenvalue weighted by Crippen LogP contribution is 2.75. The Balaban J connectivity index is 1.54. The van der Waals surface area contributed by atoms with Crippen LogP contribution < -0.4 is 5.32 Å². The molecule has 184 valence electrons. The van der Waals surface area contributed by atoms with Crippen molar-refractivity contribution in [3.8, 4) is 0 Å². The van der Waals surface area contributed by atoms with Crippen LogP contribution in [0.4, 0.5) is 27.6 Å².